The van der Waals surface area contributed by atoms with Crippen molar-refractivity contribution in [3.8, 4) is 5.75 Å². The number of nitrogens with zero attached hydrogens (tertiary/aromatic N) is 1. The van der Waals surface area contributed by atoms with Gasteiger partial charge in [-0.1, -0.05) is 52.0 Å². The molecule has 0 spiro atoms. The second-order valence-corrected chi connectivity index (χ2v) is 13.6. The molecule has 0 radical (unpaired) electrons. The minimum Gasteiger partial charge on any atom is -0.488 e. The number of allylic oxidation sites excluding steroid dienone is 4. The predicted octanol–water partition coefficient (Wildman–Crippen LogP) is 7.50. The Bertz CT molecular complexity index is 1370. The summed E-state index contributed by atoms with van der Waals surface area (Å²) >= 11 is 3.65. The van der Waals surface area contributed by atoms with Gasteiger partial charge in [0.1, 0.15) is 18.2 Å². The number of hydrogen-bond donors (Lipinski definition) is 0. The van der Waals surface area contributed by atoms with E-state index < -0.39 is 5.92 Å². The monoisotopic (exact) mass is 609 g/mol. The first-order chi connectivity index (χ1) is 18.9. The van der Waals surface area contributed by atoms with Crippen LogP contribution in [0.1, 0.15) is 70.4 Å². The van der Waals surface area contributed by atoms with E-state index in [9.17, 15) is 14.0 Å². The van der Waals surface area contributed by atoms with Crippen LogP contribution in [0.4, 0.5) is 4.39 Å². The largest absolute Gasteiger partial charge is 0.488 e. The number of ketones is 2. The molecular formula is C33H37BrFNO4. The van der Waals surface area contributed by atoms with Crippen LogP contribution < -0.4 is 4.74 Å². The van der Waals surface area contributed by atoms with Gasteiger partial charge >= 0.3 is 0 Å². The molecule has 7 heteroatoms. The number of methoxy groups -OCH3 is 1. The van der Waals surface area contributed by atoms with Crippen LogP contribution in [0.15, 0.2) is 69.5 Å². The Morgan fingerprint density at radius 3 is 2.08 bits per heavy atom. The van der Waals surface area contributed by atoms with Crippen LogP contribution in [0.3, 0.4) is 0 Å². The van der Waals surface area contributed by atoms with Crippen molar-refractivity contribution in [1.29, 1.82) is 0 Å². The molecule has 2 aromatic carbocycles. The van der Waals surface area contributed by atoms with Gasteiger partial charge in [0, 0.05) is 60.5 Å². The van der Waals surface area contributed by atoms with Crippen molar-refractivity contribution in [1.82, 2.24) is 4.90 Å². The summed E-state index contributed by atoms with van der Waals surface area (Å²) in [5.41, 5.74) is 4.48. The second-order valence-electron chi connectivity index (χ2n) is 12.8. The van der Waals surface area contributed by atoms with E-state index in [1.54, 1.807) is 25.3 Å². The lowest BCUT2D eigenvalue weighted by Gasteiger charge is -2.49. The predicted molar refractivity (Wildman–Crippen MR) is 156 cm³/mol. The molecule has 2 aliphatic carbocycles. The highest BCUT2D eigenvalue weighted by Gasteiger charge is 2.48. The van der Waals surface area contributed by atoms with Crippen molar-refractivity contribution < 1.29 is 23.5 Å². The third-order valence-electron chi connectivity index (χ3n) is 8.17. The molecule has 0 amide bonds. The first kappa shape index (κ1) is 28.7. The quantitative estimate of drug-likeness (QED) is 0.325. The third kappa shape index (κ3) is 5.55. The molecule has 40 heavy (non-hydrogen) atoms. The molecule has 1 aliphatic heterocycles. The van der Waals surface area contributed by atoms with E-state index in [1.807, 2.05) is 18.2 Å². The van der Waals surface area contributed by atoms with Gasteiger partial charge in [-0.2, -0.15) is 0 Å². The van der Waals surface area contributed by atoms with Gasteiger partial charge in [-0.25, -0.2) is 4.39 Å². The molecule has 212 valence electrons. The highest BCUT2D eigenvalue weighted by molar-refractivity contribution is 9.10. The van der Waals surface area contributed by atoms with Gasteiger partial charge in [0.15, 0.2) is 11.6 Å². The van der Waals surface area contributed by atoms with Crippen LogP contribution in [0.2, 0.25) is 0 Å². The van der Waals surface area contributed by atoms with Gasteiger partial charge < -0.3 is 14.4 Å². The van der Waals surface area contributed by atoms with E-state index in [2.05, 4.69) is 48.5 Å². The number of rotatable bonds is 7. The fourth-order valence-electron chi connectivity index (χ4n) is 6.42. The molecule has 0 fully saturated rings. The Morgan fingerprint density at radius 2 is 1.52 bits per heavy atom. The summed E-state index contributed by atoms with van der Waals surface area (Å²) in [5, 5.41) is 0. The maximum absolute atomic E-state index is 14.1. The lowest BCUT2D eigenvalue weighted by atomic mass is 9.63. The van der Waals surface area contributed by atoms with Crippen LogP contribution in [0, 0.1) is 16.6 Å². The average Bonchev–Trinajstić information content (AvgIpc) is 2.86. The zero-order valence-corrected chi connectivity index (χ0v) is 25.5. The van der Waals surface area contributed by atoms with Crippen molar-refractivity contribution in [2.75, 3.05) is 20.3 Å². The zero-order valence-electron chi connectivity index (χ0n) is 23.9. The summed E-state index contributed by atoms with van der Waals surface area (Å²) in [4.78, 5) is 30.0. The van der Waals surface area contributed by atoms with E-state index in [1.165, 1.54) is 6.07 Å². The number of ether oxygens (including phenoxy) is 2. The maximum Gasteiger partial charge on any atom is 0.162 e. The molecule has 0 aromatic heterocycles. The molecule has 5 rings (SSSR count). The number of halogens is 2. The van der Waals surface area contributed by atoms with Gasteiger partial charge in [-0.05, 0) is 63.4 Å². The van der Waals surface area contributed by atoms with E-state index in [0.717, 1.165) is 40.9 Å². The molecule has 0 unspecified atom stereocenters. The average molecular weight is 611 g/mol. The fraction of sp³-hybridized carbons (Fsp3) is 0.455. The molecule has 1 heterocycles. The zero-order chi connectivity index (χ0) is 28.8. The highest BCUT2D eigenvalue weighted by atomic mass is 79.9. The SMILES string of the molecule is COCCN1C2=C(C(=O)CC(C)(C)C2)C(c2ccc(OCc3ccccc3F)c(Br)c2)C2=C1CC(C)(C)CC2=O. The Hall–Kier alpha value is -2.77. The lowest BCUT2D eigenvalue weighted by Crippen LogP contribution is -2.45. The smallest absolute Gasteiger partial charge is 0.162 e. The standard InChI is InChI=1S/C33H37BrFNO4/c1-32(2)15-24-30(26(37)17-32)29(31-25(36(24)12-13-39-5)16-33(3,4)18-27(31)38)20-10-11-28(22(34)14-20)40-19-21-8-6-7-9-23(21)35/h6-11,14,29H,12-13,15-19H2,1-5H3. The summed E-state index contributed by atoms with van der Waals surface area (Å²) in [6.07, 6.45) is 2.39. The van der Waals surface area contributed by atoms with Crippen molar-refractivity contribution >= 4 is 27.5 Å². The molecule has 5 nitrogen and oxygen atoms in total. The maximum atomic E-state index is 14.1. The number of hydrogen-bond acceptors (Lipinski definition) is 5. The Balaban J connectivity index is 1.60. The Morgan fingerprint density at radius 1 is 0.925 bits per heavy atom. The molecule has 0 atom stereocenters. The number of Topliss-reactive ketones (excluding diaryl/α,β-unsaturated/α-hetero) is 2. The van der Waals surface area contributed by atoms with E-state index in [0.29, 0.717) is 41.8 Å². The summed E-state index contributed by atoms with van der Waals surface area (Å²) in [5.74, 6) is 0.0117. The normalized spacial score (nSPS) is 20.5. The van der Waals surface area contributed by atoms with Gasteiger partial charge in [0.25, 0.3) is 0 Å². The molecule has 0 saturated heterocycles. The third-order valence-corrected chi connectivity index (χ3v) is 8.79. The van der Waals surface area contributed by atoms with E-state index >= 15 is 0 Å². The fourth-order valence-corrected chi connectivity index (χ4v) is 6.93. The van der Waals surface area contributed by atoms with Crippen LogP contribution in [-0.4, -0.2) is 36.7 Å². The molecule has 0 saturated carbocycles. The van der Waals surface area contributed by atoms with Gasteiger partial charge in [-0.3, -0.25) is 9.59 Å². The van der Waals surface area contributed by atoms with Crippen molar-refractivity contribution in [3.63, 3.8) is 0 Å². The molecular weight excluding hydrogens is 573 g/mol. The number of carbonyl (C=O) groups excluding carboxylic acids is 2. The molecule has 0 N–H and O–H groups in total. The highest BCUT2D eigenvalue weighted by Crippen LogP contribution is 2.54. The number of carbonyl (C=O) groups is 2. The Kier molecular flexibility index (Phi) is 7.83. The topological polar surface area (TPSA) is 55.8 Å². The lowest BCUT2D eigenvalue weighted by molar-refractivity contribution is -0.119. The molecule has 2 aromatic rings. The van der Waals surface area contributed by atoms with E-state index in [-0.39, 0.29) is 34.8 Å². The summed E-state index contributed by atoms with van der Waals surface area (Å²) in [6, 6.07) is 12.3. The molecule has 0 bridgehead atoms. The van der Waals surface area contributed by atoms with Crippen molar-refractivity contribution in [2.45, 2.75) is 65.9 Å². The van der Waals surface area contributed by atoms with Gasteiger partial charge in [0.05, 0.1) is 11.1 Å². The van der Waals surface area contributed by atoms with Crippen molar-refractivity contribution in [2.24, 2.45) is 10.8 Å². The minimum atomic E-state index is -0.437. The number of benzene rings is 2. The Labute approximate surface area is 244 Å². The summed E-state index contributed by atoms with van der Waals surface area (Å²) < 4.78 is 26.2. The van der Waals surface area contributed by atoms with Crippen LogP contribution >= 0.6 is 15.9 Å². The van der Waals surface area contributed by atoms with Crippen LogP contribution in [0.25, 0.3) is 0 Å². The summed E-state index contributed by atoms with van der Waals surface area (Å²) in [6.45, 7) is 9.73. The first-order valence-corrected chi connectivity index (χ1v) is 14.6. The van der Waals surface area contributed by atoms with Gasteiger partial charge in [0.2, 0.25) is 0 Å². The molecule has 3 aliphatic rings. The second kappa shape index (κ2) is 10.9. The van der Waals surface area contributed by atoms with Crippen molar-refractivity contribution in [3.05, 3.63) is 86.4 Å². The minimum absolute atomic E-state index is 0.0915. The first-order valence-electron chi connectivity index (χ1n) is 13.9. The summed E-state index contributed by atoms with van der Waals surface area (Å²) in [7, 11) is 1.68. The van der Waals surface area contributed by atoms with Crippen LogP contribution in [0.5, 0.6) is 5.75 Å². The van der Waals surface area contributed by atoms with Gasteiger partial charge in [-0.15, -0.1) is 0 Å². The van der Waals surface area contributed by atoms with Crippen LogP contribution in [-0.2, 0) is 20.9 Å². The van der Waals surface area contributed by atoms with E-state index in [4.69, 9.17) is 9.47 Å².